The summed E-state index contributed by atoms with van der Waals surface area (Å²) in [5.41, 5.74) is 3.79. The average Bonchev–Trinajstić information content (AvgIpc) is 2.33. The monoisotopic (exact) mass is 316 g/mol. The predicted octanol–water partition coefficient (Wildman–Crippen LogP) is 4.56. The molecule has 0 rings (SSSR count). The molecule has 0 saturated carbocycles. The van der Waals surface area contributed by atoms with E-state index in [-0.39, 0.29) is 0 Å². The Bertz CT molecular complexity index is 414. The lowest BCUT2D eigenvalue weighted by atomic mass is 10.1. The lowest BCUT2D eigenvalue weighted by molar-refractivity contribution is 0.159. The van der Waals surface area contributed by atoms with Crippen LogP contribution in [0.3, 0.4) is 0 Å². The van der Waals surface area contributed by atoms with Gasteiger partial charge in [-0.2, -0.15) is 0 Å². The van der Waals surface area contributed by atoms with Crippen molar-refractivity contribution in [3.05, 3.63) is 35.5 Å². The van der Waals surface area contributed by atoms with Crippen molar-refractivity contribution >= 4 is 7.60 Å². The maximum atomic E-state index is 10.6. The predicted molar refractivity (Wildman–Crippen MR) is 88.3 cm³/mol. The Morgan fingerprint density at radius 3 is 2.29 bits per heavy atom. The molecule has 0 aromatic carbocycles. The molecule has 5 heteroatoms. The van der Waals surface area contributed by atoms with Gasteiger partial charge in [0.1, 0.15) is 6.35 Å². The fourth-order valence-corrected chi connectivity index (χ4v) is 2.11. The molecule has 0 unspecified atom stereocenters. The molecule has 0 aliphatic rings. The van der Waals surface area contributed by atoms with E-state index in [4.69, 9.17) is 14.5 Å². The van der Waals surface area contributed by atoms with Crippen LogP contribution in [0.2, 0.25) is 0 Å². The second-order valence-electron chi connectivity index (χ2n) is 5.61. The molecule has 0 spiro atoms. The van der Waals surface area contributed by atoms with E-state index in [2.05, 4.69) is 39.5 Å². The molecule has 0 aromatic heterocycles. The van der Waals surface area contributed by atoms with E-state index in [1.165, 1.54) is 11.1 Å². The molecule has 0 aromatic rings. The zero-order valence-electron chi connectivity index (χ0n) is 13.5. The summed E-state index contributed by atoms with van der Waals surface area (Å²) in [6.07, 6.45) is 8.63. The summed E-state index contributed by atoms with van der Waals surface area (Å²) >= 11 is 0. The van der Waals surface area contributed by atoms with Gasteiger partial charge in [-0.15, -0.1) is 0 Å². The first-order chi connectivity index (χ1) is 9.70. The maximum absolute atomic E-state index is 10.6. The first kappa shape index (κ1) is 20.3. The van der Waals surface area contributed by atoms with Gasteiger partial charge in [-0.3, -0.25) is 4.57 Å². The van der Waals surface area contributed by atoms with Gasteiger partial charge in [0.05, 0.1) is 6.61 Å². The minimum atomic E-state index is -4.04. The first-order valence-electron chi connectivity index (χ1n) is 7.28. The maximum Gasteiger partial charge on any atom is 0.350 e. The molecule has 4 nitrogen and oxygen atoms in total. The van der Waals surface area contributed by atoms with Crippen molar-refractivity contribution in [3.63, 3.8) is 0 Å². The second kappa shape index (κ2) is 11.0. The molecule has 0 saturated heterocycles. The van der Waals surface area contributed by atoms with Gasteiger partial charge < -0.3 is 14.5 Å². The fraction of sp³-hybridized carbons (Fsp3) is 0.625. The second-order valence-corrected chi connectivity index (χ2v) is 7.20. The van der Waals surface area contributed by atoms with Gasteiger partial charge >= 0.3 is 7.60 Å². The largest absolute Gasteiger partial charge is 0.368 e. The molecular weight excluding hydrogens is 287 g/mol. The van der Waals surface area contributed by atoms with Crippen LogP contribution in [0.5, 0.6) is 0 Å². The minimum Gasteiger partial charge on any atom is -0.368 e. The van der Waals surface area contributed by atoms with Gasteiger partial charge in [0, 0.05) is 0 Å². The van der Waals surface area contributed by atoms with Crippen LogP contribution in [-0.4, -0.2) is 22.7 Å². The smallest absolute Gasteiger partial charge is 0.350 e. The van der Waals surface area contributed by atoms with Gasteiger partial charge in [0.2, 0.25) is 0 Å². The molecule has 0 radical (unpaired) electrons. The molecule has 0 amide bonds. The summed E-state index contributed by atoms with van der Waals surface area (Å²) in [4.78, 5) is 17.3. The molecule has 21 heavy (non-hydrogen) atoms. The third-order valence-electron chi connectivity index (χ3n) is 2.94. The zero-order chi connectivity index (χ0) is 16.3. The molecule has 0 heterocycles. The van der Waals surface area contributed by atoms with Crippen LogP contribution in [-0.2, 0) is 9.30 Å². The number of hydrogen-bond donors (Lipinski definition) is 2. The molecule has 0 bridgehead atoms. The lowest BCUT2D eigenvalue weighted by Crippen LogP contribution is -1.98. The summed E-state index contributed by atoms with van der Waals surface area (Å²) in [6, 6.07) is 0. The van der Waals surface area contributed by atoms with Gasteiger partial charge in [-0.1, -0.05) is 35.5 Å². The minimum absolute atomic E-state index is 0.313. The van der Waals surface area contributed by atoms with Crippen LogP contribution in [0.25, 0.3) is 0 Å². The molecule has 0 aliphatic carbocycles. The average molecular weight is 316 g/mol. The fourth-order valence-electron chi connectivity index (χ4n) is 1.74. The number of hydrogen-bond acceptors (Lipinski definition) is 2. The Balaban J connectivity index is 3.73. The zero-order valence-corrected chi connectivity index (χ0v) is 14.4. The van der Waals surface area contributed by atoms with E-state index in [0.717, 1.165) is 31.3 Å². The van der Waals surface area contributed by atoms with Crippen molar-refractivity contribution in [2.24, 2.45) is 0 Å². The Morgan fingerprint density at radius 2 is 1.71 bits per heavy atom. The molecule has 0 atom stereocenters. The summed E-state index contributed by atoms with van der Waals surface area (Å²) < 4.78 is 15.5. The molecule has 2 N–H and O–H groups in total. The van der Waals surface area contributed by atoms with E-state index in [0.29, 0.717) is 13.0 Å². The third kappa shape index (κ3) is 15.5. The Morgan fingerprint density at radius 1 is 1.10 bits per heavy atom. The van der Waals surface area contributed by atoms with Crippen molar-refractivity contribution in [1.82, 2.24) is 0 Å². The van der Waals surface area contributed by atoms with Crippen molar-refractivity contribution < 1.29 is 19.1 Å². The van der Waals surface area contributed by atoms with Gasteiger partial charge in [0.25, 0.3) is 0 Å². The standard InChI is InChI=1S/C16H29O4P/c1-14(2)7-5-8-15(3)9-6-10-16(4)11-12-20-13-21(17,18)19/h7,9H,4-6,8,10-13H2,1-3H3,(H2,17,18,19)/b15-9+. The summed E-state index contributed by atoms with van der Waals surface area (Å²) in [6.45, 7) is 10.6. The van der Waals surface area contributed by atoms with Gasteiger partial charge in [0.15, 0.2) is 0 Å². The quantitative estimate of drug-likeness (QED) is 0.333. The number of ether oxygens (including phenoxy) is 1. The van der Waals surface area contributed by atoms with Crippen LogP contribution in [0, 0.1) is 0 Å². The SMILES string of the molecule is C=C(CC/C=C(\C)CCC=C(C)C)CCOCP(=O)(O)O. The van der Waals surface area contributed by atoms with Gasteiger partial charge in [-0.05, 0) is 52.9 Å². The Kier molecular flexibility index (Phi) is 10.6. The van der Waals surface area contributed by atoms with Crippen LogP contribution >= 0.6 is 7.60 Å². The van der Waals surface area contributed by atoms with Crippen molar-refractivity contribution in [2.75, 3.05) is 13.0 Å². The third-order valence-corrected chi connectivity index (χ3v) is 3.46. The molecule has 0 aliphatic heterocycles. The number of allylic oxidation sites excluding steroid dienone is 4. The summed E-state index contributed by atoms with van der Waals surface area (Å²) in [5.74, 6) is 0. The highest BCUT2D eigenvalue weighted by atomic mass is 31.2. The van der Waals surface area contributed by atoms with Crippen molar-refractivity contribution in [2.45, 2.75) is 52.9 Å². The van der Waals surface area contributed by atoms with E-state index >= 15 is 0 Å². The van der Waals surface area contributed by atoms with Crippen LogP contribution in [0.15, 0.2) is 35.5 Å². The first-order valence-corrected chi connectivity index (χ1v) is 9.08. The molecule has 0 fully saturated rings. The van der Waals surface area contributed by atoms with Crippen molar-refractivity contribution in [1.29, 1.82) is 0 Å². The van der Waals surface area contributed by atoms with Crippen LogP contribution in [0.4, 0.5) is 0 Å². The lowest BCUT2D eigenvalue weighted by Gasteiger charge is -2.07. The highest BCUT2D eigenvalue weighted by Gasteiger charge is 2.11. The summed E-state index contributed by atoms with van der Waals surface area (Å²) in [7, 11) is -4.04. The highest BCUT2D eigenvalue weighted by molar-refractivity contribution is 7.51. The molecular formula is C16H29O4P. The van der Waals surface area contributed by atoms with Gasteiger partial charge in [-0.25, -0.2) is 0 Å². The van der Waals surface area contributed by atoms with Crippen LogP contribution in [0.1, 0.15) is 52.9 Å². The van der Waals surface area contributed by atoms with Crippen molar-refractivity contribution in [3.8, 4) is 0 Å². The Labute approximate surface area is 128 Å². The number of rotatable bonds is 11. The van der Waals surface area contributed by atoms with E-state index < -0.39 is 13.9 Å². The van der Waals surface area contributed by atoms with E-state index in [1.54, 1.807) is 0 Å². The van der Waals surface area contributed by atoms with Crippen LogP contribution < -0.4 is 0 Å². The van der Waals surface area contributed by atoms with E-state index in [9.17, 15) is 4.57 Å². The van der Waals surface area contributed by atoms with E-state index in [1.807, 2.05) is 0 Å². The summed E-state index contributed by atoms with van der Waals surface area (Å²) in [5, 5.41) is 0. The molecule has 122 valence electrons. The topological polar surface area (TPSA) is 66.8 Å². The normalized spacial score (nSPS) is 12.3. The highest BCUT2D eigenvalue weighted by Crippen LogP contribution is 2.33. The Hall–Kier alpha value is -0.670.